The number of aliphatic carboxylic acids is 1. The summed E-state index contributed by atoms with van der Waals surface area (Å²) < 4.78 is 0. The van der Waals surface area contributed by atoms with E-state index in [0.29, 0.717) is 0 Å². The van der Waals surface area contributed by atoms with Crippen molar-refractivity contribution in [3.63, 3.8) is 0 Å². The van der Waals surface area contributed by atoms with Crippen LogP contribution in [0.1, 0.15) is 39.2 Å². The Kier molecular flexibility index (Phi) is 11.0. The molecule has 1 aromatic carbocycles. The Morgan fingerprint density at radius 3 is 1.85 bits per heavy atom. The Hall–Kier alpha value is -3.47. The third-order valence-electron chi connectivity index (χ3n) is 4.69. The van der Waals surface area contributed by atoms with Gasteiger partial charge in [-0.15, -0.1) is 0 Å². The summed E-state index contributed by atoms with van der Waals surface area (Å²) in [6.07, 6.45) is -0.300. The molecule has 0 fully saturated rings. The molecule has 0 saturated heterocycles. The van der Waals surface area contributed by atoms with E-state index in [1.54, 1.807) is 44.2 Å². The van der Waals surface area contributed by atoms with Gasteiger partial charge in [-0.2, -0.15) is 0 Å². The first-order valence-corrected chi connectivity index (χ1v) is 10.6. The van der Waals surface area contributed by atoms with Gasteiger partial charge in [0.2, 0.25) is 23.6 Å². The fourth-order valence-corrected chi connectivity index (χ4v) is 3.01. The topological polar surface area (TPSA) is 194 Å². The van der Waals surface area contributed by atoms with Crippen molar-refractivity contribution in [1.29, 1.82) is 0 Å². The van der Waals surface area contributed by atoms with E-state index in [1.807, 2.05) is 0 Å². The van der Waals surface area contributed by atoms with Gasteiger partial charge >= 0.3 is 5.97 Å². The van der Waals surface area contributed by atoms with Crippen LogP contribution in [0.5, 0.6) is 0 Å². The van der Waals surface area contributed by atoms with Crippen molar-refractivity contribution in [2.75, 3.05) is 0 Å². The predicted octanol–water partition coefficient (Wildman–Crippen LogP) is -0.963. The van der Waals surface area contributed by atoms with Crippen molar-refractivity contribution in [3.05, 3.63) is 35.9 Å². The second-order valence-electron chi connectivity index (χ2n) is 8.30. The number of carbonyl (C=O) groups is 5. The number of rotatable bonds is 13. The molecule has 1 rings (SSSR count). The number of nitrogens with one attached hydrogen (secondary N) is 3. The van der Waals surface area contributed by atoms with E-state index in [2.05, 4.69) is 16.0 Å². The lowest BCUT2D eigenvalue weighted by Crippen LogP contribution is -2.58. The zero-order valence-corrected chi connectivity index (χ0v) is 19.0. The second-order valence-corrected chi connectivity index (χ2v) is 8.30. The molecular weight excluding hydrogens is 430 g/mol. The Labute approximate surface area is 192 Å². The molecule has 0 aliphatic rings. The van der Waals surface area contributed by atoms with E-state index in [1.165, 1.54) is 6.92 Å². The van der Waals surface area contributed by atoms with Gasteiger partial charge in [0, 0.05) is 6.42 Å². The SMILES string of the molecule is CC(C)CC(NC(=O)C(CC(N)=O)NC(=O)C(Cc1ccccc1)NC(=O)C(C)N)C(=O)O. The van der Waals surface area contributed by atoms with Gasteiger partial charge in [0.05, 0.1) is 12.5 Å². The second kappa shape index (κ2) is 13.2. The Morgan fingerprint density at radius 1 is 0.848 bits per heavy atom. The normalized spacial score (nSPS) is 14.5. The monoisotopic (exact) mass is 463 g/mol. The largest absolute Gasteiger partial charge is 0.480 e. The van der Waals surface area contributed by atoms with E-state index < -0.39 is 60.2 Å². The van der Waals surface area contributed by atoms with E-state index in [4.69, 9.17) is 11.5 Å². The van der Waals surface area contributed by atoms with Crippen LogP contribution in [0.2, 0.25) is 0 Å². The Balaban J connectivity index is 3.06. The maximum atomic E-state index is 13.0. The highest BCUT2D eigenvalue weighted by Crippen LogP contribution is 2.08. The molecule has 0 saturated carbocycles. The number of hydrogen-bond donors (Lipinski definition) is 6. The minimum Gasteiger partial charge on any atom is -0.480 e. The Morgan fingerprint density at radius 2 is 1.36 bits per heavy atom. The first-order chi connectivity index (χ1) is 15.4. The van der Waals surface area contributed by atoms with Crippen LogP contribution in [0.3, 0.4) is 0 Å². The number of nitrogens with two attached hydrogens (primary N) is 2. The molecule has 0 radical (unpaired) electrons. The maximum Gasteiger partial charge on any atom is 0.326 e. The third-order valence-corrected chi connectivity index (χ3v) is 4.69. The summed E-state index contributed by atoms with van der Waals surface area (Å²) in [4.78, 5) is 60.8. The summed E-state index contributed by atoms with van der Waals surface area (Å²) in [5, 5.41) is 16.6. The van der Waals surface area contributed by atoms with Crippen molar-refractivity contribution in [1.82, 2.24) is 16.0 Å². The van der Waals surface area contributed by atoms with Crippen LogP contribution in [0.4, 0.5) is 0 Å². The fraction of sp³-hybridized carbons (Fsp3) is 0.500. The van der Waals surface area contributed by atoms with Gasteiger partial charge in [0.25, 0.3) is 0 Å². The summed E-state index contributed by atoms with van der Waals surface area (Å²) in [5.74, 6) is -4.33. The summed E-state index contributed by atoms with van der Waals surface area (Å²) in [6, 6.07) is 4.24. The van der Waals surface area contributed by atoms with Crippen molar-refractivity contribution < 1.29 is 29.1 Å². The van der Waals surface area contributed by atoms with Gasteiger partial charge in [0.15, 0.2) is 0 Å². The highest BCUT2D eigenvalue weighted by molar-refractivity contribution is 5.96. The summed E-state index contributed by atoms with van der Waals surface area (Å²) in [6.45, 7) is 5.04. The zero-order chi connectivity index (χ0) is 25.1. The molecule has 182 valence electrons. The van der Waals surface area contributed by atoms with Crippen molar-refractivity contribution in [2.24, 2.45) is 17.4 Å². The molecule has 0 heterocycles. The van der Waals surface area contributed by atoms with Gasteiger partial charge in [0.1, 0.15) is 18.1 Å². The summed E-state index contributed by atoms with van der Waals surface area (Å²) in [7, 11) is 0. The third kappa shape index (κ3) is 10.1. The van der Waals surface area contributed by atoms with Crippen molar-refractivity contribution in [2.45, 2.75) is 64.2 Å². The van der Waals surface area contributed by atoms with E-state index in [-0.39, 0.29) is 18.8 Å². The van der Waals surface area contributed by atoms with Crippen LogP contribution >= 0.6 is 0 Å². The van der Waals surface area contributed by atoms with Crippen LogP contribution in [0.15, 0.2) is 30.3 Å². The van der Waals surface area contributed by atoms with Gasteiger partial charge in [-0.3, -0.25) is 19.2 Å². The van der Waals surface area contributed by atoms with Gasteiger partial charge in [-0.25, -0.2) is 4.79 Å². The molecule has 4 atom stereocenters. The molecule has 0 aliphatic carbocycles. The lowest BCUT2D eigenvalue weighted by atomic mass is 10.0. The molecule has 0 aliphatic heterocycles. The lowest BCUT2D eigenvalue weighted by Gasteiger charge is -2.25. The number of primary amides is 1. The quantitative estimate of drug-likeness (QED) is 0.217. The van der Waals surface area contributed by atoms with Crippen LogP contribution in [0.25, 0.3) is 0 Å². The number of amides is 4. The molecule has 4 unspecified atom stereocenters. The molecule has 0 spiro atoms. The fourth-order valence-electron chi connectivity index (χ4n) is 3.01. The molecule has 1 aromatic rings. The smallest absolute Gasteiger partial charge is 0.326 e. The maximum absolute atomic E-state index is 13.0. The summed E-state index contributed by atoms with van der Waals surface area (Å²) >= 11 is 0. The Bertz CT molecular complexity index is 843. The predicted molar refractivity (Wildman–Crippen MR) is 120 cm³/mol. The lowest BCUT2D eigenvalue weighted by molar-refractivity contribution is -0.143. The van der Waals surface area contributed by atoms with E-state index in [0.717, 1.165) is 5.56 Å². The average molecular weight is 464 g/mol. The van der Waals surface area contributed by atoms with E-state index in [9.17, 15) is 29.1 Å². The van der Waals surface area contributed by atoms with E-state index >= 15 is 0 Å². The van der Waals surface area contributed by atoms with Gasteiger partial charge in [-0.05, 0) is 24.8 Å². The first kappa shape index (κ1) is 27.6. The van der Waals surface area contributed by atoms with Crippen molar-refractivity contribution >= 4 is 29.6 Å². The van der Waals surface area contributed by atoms with Crippen LogP contribution in [-0.4, -0.2) is 58.9 Å². The molecule has 0 bridgehead atoms. The first-order valence-electron chi connectivity index (χ1n) is 10.6. The molecule has 0 aromatic heterocycles. The highest BCUT2D eigenvalue weighted by atomic mass is 16.4. The minimum atomic E-state index is -1.42. The molecule has 8 N–H and O–H groups in total. The van der Waals surface area contributed by atoms with Gasteiger partial charge in [-0.1, -0.05) is 44.2 Å². The summed E-state index contributed by atoms with van der Waals surface area (Å²) in [5.41, 5.74) is 11.6. The molecule has 11 nitrogen and oxygen atoms in total. The minimum absolute atomic E-state index is 0.0284. The number of carboxylic acids is 1. The average Bonchev–Trinajstić information content (AvgIpc) is 2.72. The zero-order valence-electron chi connectivity index (χ0n) is 19.0. The number of hydrogen-bond acceptors (Lipinski definition) is 6. The number of carboxylic acid groups (broad SMARTS) is 1. The van der Waals surface area contributed by atoms with Gasteiger partial charge < -0.3 is 32.5 Å². The van der Waals surface area contributed by atoms with Crippen LogP contribution in [-0.2, 0) is 30.4 Å². The molecule has 11 heteroatoms. The molecule has 4 amide bonds. The molecule has 33 heavy (non-hydrogen) atoms. The van der Waals surface area contributed by atoms with Crippen LogP contribution in [0, 0.1) is 5.92 Å². The van der Waals surface area contributed by atoms with Crippen molar-refractivity contribution in [3.8, 4) is 0 Å². The number of carbonyl (C=O) groups excluding carboxylic acids is 4. The van der Waals surface area contributed by atoms with Crippen LogP contribution < -0.4 is 27.4 Å². The standard InChI is InChI=1S/C22H33N5O6/c1-12(2)9-17(22(32)33)27-21(31)16(11-18(24)28)26-20(30)15(25-19(29)13(3)23)10-14-7-5-4-6-8-14/h4-8,12-13,15-17H,9-11,23H2,1-3H3,(H2,24,28)(H,25,29)(H,26,30)(H,27,31)(H,32,33). The molecular formula is C22H33N5O6. The highest BCUT2D eigenvalue weighted by Gasteiger charge is 2.31. The number of benzene rings is 1.